The lowest BCUT2D eigenvalue weighted by Gasteiger charge is -2.35. The molecule has 1 saturated carbocycles. The smallest absolute Gasteiger partial charge is 0.166 e. The fourth-order valence-electron chi connectivity index (χ4n) is 1.49. The predicted molar refractivity (Wildman–Crippen MR) is 51.2 cm³/mol. The summed E-state index contributed by atoms with van der Waals surface area (Å²) >= 11 is 0. The van der Waals surface area contributed by atoms with E-state index >= 15 is 0 Å². The highest BCUT2D eigenvalue weighted by Crippen LogP contribution is 2.23. The van der Waals surface area contributed by atoms with Crippen LogP contribution in [0.25, 0.3) is 0 Å². The van der Waals surface area contributed by atoms with Crippen LogP contribution in [0, 0.1) is 0 Å². The molecule has 14 heavy (non-hydrogen) atoms. The average Bonchev–Trinajstić information content (AvgIpc) is 2.14. The Morgan fingerprint density at radius 2 is 2.29 bits per heavy atom. The lowest BCUT2D eigenvalue weighted by atomic mass is 9.90. The van der Waals surface area contributed by atoms with E-state index in [1.54, 1.807) is 0 Å². The molecule has 1 rings (SSSR count). The first kappa shape index (κ1) is 11.6. The highest BCUT2D eigenvalue weighted by Gasteiger charge is 2.41. The third kappa shape index (κ3) is 2.77. The molecule has 0 bridgehead atoms. The Morgan fingerprint density at radius 1 is 1.57 bits per heavy atom. The normalized spacial score (nSPS) is 28.6. The molecule has 0 heterocycles. The molecule has 0 spiro atoms. The molecule has 4 heteroatoms. The molecule has 0 aromatic carbocycles. The van der Waals surface area contributed by atoms with E-state index in [9.17, 15) is 4.79 Å². The Hall–Kier alpha value is -0.450. The van der Waals surface area contributed by atoms with E-state index in [2.05, 4.69) is 0 Å². The molecule has 4 nitrogen and oxygen atoms in total. The second-order valence-electron chi connectivity index (χ2n) is 3.47. The summed E-state index contributed by atoms with van der Waals surface area (Å²) in [4.78, 5) is 11.0. The number of Topliss-reactive ketones (excluding diaryl/α,β-unsaturated/α-hetero) is 1. The number of hydrogen-bond acceptors (Lipinski definition) is 4. The molecule has 0 aromatic rings. The highest BCUT2D eigenvalue weighted by molar-refractivity contribution is 5.90. The summed E-state index contributed by atoms with van der Waals surface area (Å²) in [6, 6.07) is 0. The number of rotatable bonds is 6. The monoisotopic (exact) mass is 202 g/mol. The van der Waals surface area contributed by atoms with Crippen molar-refractivity contribution in [3.63, 3.8) is 0 Å². The van der Waals surface area contributed by atoms with Gasteiger partial charge in [0.15, 0.2) is 5.78 Å². The maximum absolute atomic E-state index is 11.0. The summed E-state index contributed by atoms with van der Waals surface area (Å²) in [6.07, 6.45) is 0.0438. The van der Waals surface area contributed by atoms with E-state index in [0.717, 1.165) is 0 Å². The highest BCUT2D eigenvalue weighted by atomic mass is 16.6. The third-order valence-electron chi connectivity index (χ3n) is 2.28. The van der Waals surface area contributed by atoms with E-state index in [-0.39, 0.29) is 24.1 Å². The quantitative estimate of drug-likeness (QED) is 0.638. The second-order valence-corrected chi connectivity index (χ2v) is 3.47. The molecule has 0 aromatic heterocycles. The van der Waals surface area contributed by atoms with Gasteiger partial charge in [0.2, 0.25) is 0 Å². The Kier molecular flexibility index (Phi) is 4.51. The number of carbonyl (C=O) groups is 1. The van der Waals surface area contributed by atoms with Gasteiger partial charge in [-0.15, -0.1) is 0 Å². The van der Waals surface area contributed by atoms with Gasteiger partial charge >= 0.3 is 0 Å². The number of ketones is 1. The lowest BCUT2D eigenvalue weighted by molar-refractivity contribution is -0.171. The van der Waals surface area contributed by atoms with Crippen LogP contribution >= 0.6 is 0 Å². The largest absolute Gasteiger partial charge is 0.379 e. The fourth-order valence-corrected chi connectivity index (χ4v) is 1.49. The molecule has 1 fully saturated rings. The van der Waals surface area contributed by atoms with Crippen LogP contribution in [-0.2, 0) is 19.0 Å². The Morgan fingerprint density at radius 3 is 2.79 bits per heavy atom. The van der Waals surface area contributed by atoms with Crippen LogP contribution in [-0.4, -0.2) is 44.4 Å². The average molecular weight is 202 g/mol. The van der Waals surface area contributed by atoms with Crippen LogP contribution in [0.15, 0.2) is 0 Å². The van der Waals surface area contributed by atoms with Crippen LogP contribution in [0.5, 0.6) is 0 Å². The molecule has 1 aliphatic carbocycles. The number of hydrogen-bond donors (Lipinski definition) is 0. The molecule has 0 N–H and O–H groups in total. The first-order valence-corrected chi connectivity index (χ1v) is 4.97. The Labute approximate surface area is 84.5 Å². The molecule has 0 amide bonds. The van der Waals surface area contributed by atoms with Crippen molar-refractivity contribution >= 4 is 5.78 Å². The Bertz CT molecular complexity index is 193. The summed E-state index contributed by atoms with van der Waals surface area (Å²) in [7, 11) is 1.53. The van der Waals surface area contributed by atoms with Crippen LogP contribution in [0.4, 0.5) is 0 Å². The minimum Gasteiger partial charge on any atom is -0.379 e. The molecule has 0 aliphatic heterocycles. The van der Waals surface area contributed by atoms with Crippen LogP contribution < -0.4 is 0 Å². The zero-order valence-corrected chi connectivity index (χ0v) is 8.99. The maximum Gasteiger partial charge on any atom is 0.166 e. The SMILES string of the molecule is CCOCC(C)OC1CC(=O)C1OC. The summed E-state index contributed by atoms with van der Waals surface area (Å²) in [5.41, 5.74) is 0. The van der Waals surface area contributed by atoms with E-state index in [1.807, 2.05) is 13.8 Å². The van der Waals surface area contributed by atoms with E-state index in [1.165, 1.54) is 7.11 Å². The number of ether oxygens (including phenoxy) is 3. The maximum atomic E-state index is 11.0. The van der Waals surface area contributed by atoms with Crippen molar-refractivity contribution in [2.24, 2.45) is 0 Å². The van der Waals surface area contributed by atoms with Gasteiger partial charge in [-0.25, -0.2) is 0 Å². The molecule has 0 saturated heterocycles. The van der Waals surface area contributed by atoms with Gasteiger partial charge in [-0.2, -0.15) is 0 Å². The summed E-state index contributed by atoms with van der Waals surface area (Å²) in [6.45, 7) is 5.13. The molecule has 0 radical (unpaired) electrons. The Balaban J connectivity index is 2.21. The van der Waals surface area contributed by atoms with Gasteiger partial charge in [0, 0.05) is 20.1 Å². The molecular weight excluding hydrogens is 184 g/mol. The summed E-state index contributed by atoms with van der Waals surface area (Å²) < 4.78 is 15.8. The topological polar surface area (TPSA) is 44.8 Å². The van der Waals surface area contributed by atoms with Gasteiger partial charge in [-0.1, -0.05) is 0 Å². The van der Waals surface area contributed by atoms with E-state index in [4.69, 9.17) is 14.2 Å². The minimum atomic E-state index is -0.362. The van der Waals surface area contributed by atoms with E-state index in [0.29, 0.717) is 19.6 Å². The zero-order chi connectivity index (χ0) is 10.6. The summed E-state index contributed by atoms with van der Waals surface area (Å²) in [5, 5.41) is 0. The first-order chi connectivity index (χ1) is 6.69. The van der Waals surface area contributed by atoms with Crippen LogP contribution in [0.2, 0.25) is 0 Å². The van der Waals surface area contributed by atoms with Crippen molar-refractivity contribution in [1.82, 2.24) is 0 Å². The standard InChI is InChI=1S/C10H18O4/c1-4-13-6-7(2)14-9-5-8(11)10(9)12-3/h7,9-10H,4-6H2,1-3H3. The first-order valence-electron chi connectivity index (χ1n) is 4.97. The van der Waals surface area contributed by atoms with Gasteiger partial charge in [0.25, 0.3) is 0 Å². The van der Waals surface area contributed by atoms with Crippen molar-refractivity contribution in [2.45, 2.75) is 38.6 Å². The zero-order valence-electron chi connectivity index (χ0n) is 8.99. The second kappa shape index (κ2) is 5.44. The summed E-state index contributed by atoms with van der Waals surface area (Å²) in [5.74, 6) is 0.126. The number of carbonyl (C=O) groups excluding carboxylic acids is 1. The van der Waals surface area contributed by atoms with Crippen molar-refractivity contribution < 1.29 is 19.0 Å². The molecule has 1 aliphatic rings. The van der Waals surface area contributed by atoms with Crippen molar-refractivity contribution in [3.05, 3.63) is 0 Å². The van der Waals surface area contributed by atoms with Crippen molar-refractivity contribution in [1.29, 1.82) is 0 Å². The number of methoxy groups -OCH3 is 1. The molecular formula is C10H18O4. The van der Waals surface area contributed by atoms with Crippen molar-refractivity contribution in [2.75, 3.05) is 20.3 Å². The fraction of sp³-hybridized carbons (Fsp3) is 0.900. The van der Waals surface area contributed by atoms with Gasteiger partial charge in [0.05, 0.1) is 18.8 Å². The molecule has 82 valence electrons. The van der Waals surface area contributed by atoms with Gasteiger partial charge in [0.1, 0.15) is 6.10 Å². The molecule has 3 atom stereocenters. The lowest BCUT2D eigenvalue weighted by Crippen LogP contribution is -2.51. The minimum absolute atomic E-state index is 0.0192. The van der Waals surface area contributed by atoms with Gasteiger partial charge in [-0.05, 0) is 13.8 Å². The molecule has 3 unspecified atom stereocenters. The third-order valence-corrected chi connectivity index (χ3v) is 2.28. The predicted octanol–water partition coefficient (Wildman–Crippen LogP) is 0.784. The van der Waals surface area contributed by atoms with E-state index < -0.39 is 0 Å². The van der Waals surface area contributed by atoms with Gasteiger partial charge < -0.3 is 14.2 Å². The van der Waals surface area contributed by atoms with Gasteiger partial charge in [-0.3, -0.25) is 4.79 Å². The van der Waals surface area contributed by atoms with Crippen LogP contribution in [0.3, 0.4) is 0 Å². The van der Waals surface area contributed by atoms with Crippen LogP contribution in [0.1, 0.15) is 20.3 Å². The van der Waals surface area contributed by atoms with Crippen molar-refractivity contribution in [3.8, 4) is 0 Å².